The maximum atomic E-state index is 5.41. The van der Waals surface area contributed by atoms with Crippen molar-refractivity contribution >= 4 is 103 Å². The molecule has 0 amide bonds. The Morgan fingerprint density at radius 2 is 0.794 bits per heavy atom. The zero-order chi connectivity index (χ0) is 41.2. The van der Waals surface area contributed by atoms with Gasteiger partial charge in [-0.15, -0.1) is 0 Å². The Bertz CT molecular complexity index is 4280. The van der Waals surface area contributed by atoms with Crippen LogP contribution in [0.5, 0.6) is 0 Å². The molecule has 290 valence electrons. The fourth-order valence-corrected chi connectivity index (χ4v) is 10.6. The van der Waals surface area contributed by atoms with Crippen molar-refractivity contribution in [1.29, 1.82) is 0 Å². The van der Waals surface area contributed by atoms with Gasteiger partial charge >= 0.3 is 0 Å². The number of imidazole rings is 1. The van der Waals surface area contributed by atoms with Gasteiger partial charge in [-0.1, -0.05) is 140 Å². The van der Waals surface area contributed by atoms with Crippen LogP contribution in [0.4, 0.5) is 0 Å². The second-order valence-electron chi connectivity index (χ2n) is 16.7. The van der Waals surface area contributed by atoms with E-state index in [-0.39, 0.29) is 0 Å². The van der Waals surface area contributed by atoms with Gasteiger partial charge in [0.1, 0.15) is 5.65 Å². The summed E-state index contributed by atoms with van der Waals surface area (Å²) >= 11 is 0. The lowest BCUT2D eigenvalue weighted by Crippen LogP contribution is -1.94. The molecule has 0 radical (unpaired) electrons. The first kappa shape index (κ1) is 34.3. The number of fused-ring (bicyclic) bond motifs is 17. The Kier molecular flexibility index (Phi) is 7.08. The zero-order valence-electron chi connectivity index (χ0n) is 33.9. The molecule has 0 fully saturated rings. The molecule has 14 rings (SSSR count). The van der Waals surface area contributed by atoms with Crippen LogP contribution in [0.15, 0.2) is 207 Å². The average Bonchev–Trinajstić information content (AvgIpc) is 3.77. The second-order valence-corrected chi connectivity index (χ2v) is 16.7. The largest absolute Gasteiger partial charge is 0.291 e. The molecule has 0 N–H and O–H groups in total. The minimum absolute atomic E-state index is 0.871. The van der Waals surface area contributed by atoms with Gasteiger partial charge in [0.05, 0.1) is 27.6 Å². The van der Waals surface area contributed by atoms with E-state index in [9.17, 15) is 0 Å². The van der Waals surface area contributed by atoms with Crippen molar-refractivity contribution in [3.05, 3.63) is 207 Å². The van der Waals surface area contributed by atoms with Gasteiger partial charge in [-0.05, 0) is 136 Å². The number of nitrogens with zero attached hydrogens (tertiary/aromatic N) is 4. The normalized spacial score (nSPS) is 12.1. The second kappa shape index (κ2) is 13.0. The molecule has 0 aliphatic carbocycles. The summed E-state index contributed by atoms with van der Waals surface area (Å²) in [6.07, 6.45) is 3.70. The molecular formula is C59H34N4. The third-order valence-corrected chi connectivity index (χ3v) is 13.4. The first-order valence-electron chi connectivity index (χ1n) is 21.5. The van der Waals surface area contributed by atoms with Crippen molar-refractivity contribution in [3.63, 3.8) is 0 Å². The van der Waals surface area contributed by atoms with E-state index < -0.39 is 0 Å². The fourth-order valence-electron chi connectivity index (χ4n) is 10.6. The highest BCUT2D eigenvalue weighted by Crippen LogP contribution is 2.46. The lowest BCUT2D eigenvalue weighted by Gasteiger charge is -2.19. The van der Waals surface area contributed by atoms with Gasteiger partial charge in [-0.25, -0.2) is 4.98 Å². The standard InChI is InChI=1S/C59H34N4/c1-3-13-37-31-41(23-21-35(37)11-1)53-44-16-6-7-17-45(44)54(42-24-22-36-12-2-4-14-38(36)32-42)51-34-39(25-27-46(51)53)40-26-28-52-50(33-40)43-15-5-8-18-47(43)59-62-57-48-19-9-29-60-55(48)56-49(20-10-30-61-56)58(57)63(52)59/h1-34H. The van der Waals surface area contributed by atoms with Crippen LogP contribution in [0.2, 0.25) is 0 Å². The third kappa shape index (κ3) is 4.95. The number of rotatable bonds is 3. The van der Waals surface area contributed by atoms with Crippen molar-refractivity contribution in [2.45, 2.75) is 0 Å². The molecule has 0 atom stereocenters. The molecule has 0 saturated carbocycles. The molecule has 4 heteroatoms. The lowest BCUT2D eigenvalue weighted by molar-refractivity contribution is 1.32. The molecule has 63 heavy (non-hydrogen) atoms. The summed E-state index contributed by atoms with van der Waals surface area (Å²) in [5, 5.41) is 15.4. The highest BCUT2D eigenvalue weighted by Gasteiger charge is 2.22. The summed E-state index contributed by atoms with van der Waals surface area (Å²) in [4.78, 5) is 15.1. The molecule has 4 aromatic heterocycles. The quantitative estimate of drug-likeness (QED) is 0.132. The fraction of sp³-hybridized carbons (Fsp3) is 0. The summed E-state index contributed by atoms with van der Waals surface area (Å²) < 4.78 is 2.35. The monoisotopic (exact) mass is 798 g/mol. The summed E-state index contributed by atoms with van der Waals surface area (Å²) in [7, 11) is 0. The number of hydrogen-bond donors (Lipinski definition) is 0. The predicted octanol–water partition coefficient (Wildman–Crippen LogP) is 15.5. The van der Waals surface area contributed by atoms with E-state index in [1.807, 2.05) is 24.5 Å². The van der Waals surface area contributed by atoms with E-state index in [1.165, 1.54) is 76.1 Å². The van der Waals surface area contributed by atoms with Crippen LogP contribution in [0, 0.1) is 0 Å². The van der Waals surface area contributed by atoms with E-state index in [1.54, 1.807) is 0 Å². The molecule has 10 aromatic carbocycles. The topological polar surface area (TPSA) is 43.1 Å². The molecule has 4 heterocycles. The Morgan fingerprint density at radius 3 is 1.48 bits per heavy atom. The molecule has 0 saturated heterocycles. The van der Waals surface area contributed by atoms with Gasteiger partial charge in [-0.2, -0.15) is 0 Å². The Balaban J connectivity index is 1.07. The molecule has 14 aromatic rings. The first-order valence-corrected chi connectivity index (χ1v) is 21.5. The molecule has 0 aliphatic heterocycles. The highest BCUT2D eigenvalue weighted by atomic mass is 15.0. The maximum absolute atomic E-state index is 5.41. The van der Waals surface area contributed by atoms with Crippen molar-refractivity contribution in [2.75, 3.05) is 0 Å². The van der Waals surface area contributed by atoms with Crippen molar-refractivity contribution < 1.29 is 0 Å². The molecule has 4 nitrogen and oxygen atoms in total. The smallest absolute Gasteiger partial charge is 0.146 e. The highest BCUT2D eigenvalue weighted by molar-refractivity contribution is 6.26. The van der Waals surface area contributed by atoms with Gasteiger partial charge in [0.2, 0.25) is 0 Å². The molecule has 0 spiro atoms. The molecule has 0 bridgehead atoms. The molecule has 0 aliphatic rings. The van der Waals surface area contributed by atoms with E-state index in [0.29, 0.717) is 0 Å². The summed E-state index contributed by atoms with van der Waals surface area (Å²) in [5.41, 5.74) is 13.0. The van der Waals surface area contributed by atoms with Crippen molar-refractivity contribution in [3.8, 4) is 33.4 Å². The zero-order valence-corrected chi connectivity index (χ0v) is 33.9. The lowest BCUT2D eigenvalue weighted by atomic mass is 9.84. The summed E-state index contributed by atoms with van der Waals surface area (Å²) in [5.74, 6) is 0. The van der Waals surface area contributed by atoms with Crippen LogP contribution in [0.3, 0.4) is 0 Å². The van der Waals surface area contributed by atoms with Gasteiger partial charge in [0.25, 0.3) is 0 Å². The number of pyridine rings is 3. The third-order valence-electron chi connectivity index (χ3n) is 13.4. The number of hydrogen-bond acceptors (Lipinski definition) is 3. The van der Waals surface area contributed by atoms with E-state index in [2.05, 4.69) is 186 Å². The average molecular weight is 799 g/mol. The number of benzene rings is 10. The van der Waals surface area contributed by atoms with Crippen LogP contribution in [-0.4, -0.2) is 19.4 Å². The van der Waals surface area contributed by atoms with Crippen molar-refractivity contribution in [1.82, 2.24) is 19.4 Å². The van der Waals surface area contributed by atoms with Gasteiger partial charge in [0, 0.05) is 33.9 Å². The van der Waals surface area contributed by atoms with Crippen LogP contribution in [0.25, 0.3) is 137 Å². The van der Waals surface area contributed by atoms with Crippen LogP contribution in [-0.2, 0) is 0 Å². The summed E-state index contributed by atoms with van der Waals surface area (Å²) in [6, 6.07) is 71.1. The van der Waals surface area contributed by atoms with Crippen LogP contribution in [0.1, 0.15) is 0 Å². The number of aromatic nitrogens is 4. The Hall–Kier alpha value is -8.47. The van der Waals surface area contributed by atoms with E-state index in [0.717, 1.165) is 60.5 Å². The maximum Gasteiger partial charge on any atom is 0.146 e. The van der Waals surface area contributed by atoms with Crippen LogP contribution < -0.4 is 0 Å². The molecule has 0 unspecified atom stereocenters. The van der Waals surface area contributed by atoms with Crippen molar-refractivity contribution in [2.24, 2.45) is 0 Å². The Morgan fingerprint density at radius 1 is 0.302 bits per heavy atom. The van der Waals surface area contributed by atoms with Gasteiger partial charge in [-0.3, -0.25) is 14.4 Å². The Labute approximate surface area is 361 Å². The first-order chi connectivity index (χ1) is 31.2. The minimum Gasteiger partial charge on any atom is -0.291 e. The van der Waals surface area contributed by atoms with E-state index in [4.69, 9.17) is 15.0 Å². The van der Waals surface area contributed by atoms with Gasteiger partial charge < -0.3 is 0 Å². The minimum atomic E-state index is 0.871. The van der Waals surface area contributed by atoms with Gasteiger partial charge in [0.15, 0.2) is 0 Å². The van der Waals surface area contributed by atoms with E-state index >= 15 is 0 Å². The molecular weight excluding hydrogens is 765 g/mol. The van der Waals surface area contributed by atoms with Crippen LogP contribution >= 0.6 is 0 Å². The summed E-state index contributed by atoms with van der Waals surface area (Å²) in [6.45, 7) is 0. The SMILES string of the molecule is c1ccc2cc(-c3c4ccccc4c(-c4ccc5ccccc5c4)c4cc(-c5ccc6c(c5)c5ccccc5c5nc7c8cccnc8c8ncccc8c7n65)ccc34)ccc2c1. The predicted molar refractivity (Wildman–Crippen MR) is 265 cm³/mol.